The maximum absolute atomic E-state index is 12.1. The maximum Gasteiger partial charge on any atom is 0.258 e. The SMILES string of the molecule is Cc1cnc(NC(=O)c2ccncc2C#CCN)s1. The molecule has 1 amide bonds. The Hall–Kier alpha value is -2.23. The summed E-state index contributed by atoms with van der Waals surface area (Å²) >= 11 is 1.42. The Bertz CT molecular complexity index is 654. The Morgan fingerprint density at radius 2 is 2.37 bits per heavy atom. The standard InChI is InChI=1S/C13H12N4OS/c1-9-7-16-13(19-9)17-12(18)11-4-6-15-8-10(11)3-2-5-14/h4,6-8H,5,14H2,1H3,(H,16,17,18). The van der Waals surface area contributed by atoms with Gasteiger partial charge in [-0.05, 0) is 13.0 Å². The first-order valence-corrected chi connectivity index (χ1v) is 6.39. The average Bonchev–Trinajstić information content (AvgIpc) is 2.82. The predicted octanol–water partition coefficient (Wildman–Crippen LogP) is 1.41. The normalized spacial score (nSPS) is 9.58. The predicted molar refractivity (Wildman–Crippen MR) is 75.0 cm³/mol. The number of nitrogens with one attached hydrogen (secondary N) is 1. The molecule has 0 aliphatic carbocycles. The van der Waals surface area contributed by atoms with Gasteiger partial charge < -0.3 is 5.73 Å². The molecule has 0 bridgehead atoms. The van der Waals surface area contributed by atoms with Crippen molar-refractivity contribution in [3.8, 4) is 11.8 Å². The molecular formula is C13H12N4OS. The van der Waals surface area contributed by atoms with Crippen LogP contribution in [-0.4, -0.2) is 22.4 Å². The third kappa shape index (κ3) is 3.37. The van der Waals surface area contributed by atoms with E-state index >= 15 is 0 Å². The summed E-state index contributed by atoms with van der Waals surface area (Å²) in [5.74, 6) is 5.29. The molecule has 0 unspecified atom stereocenters. The largest absolute Gasteiger partial charge is 0.320 e. The van der Waals surface area contributed by atoms with Gasteiger partial charge in [-0.1, -0.05) is 11.8 Å². The molecule has 0 aliphatic heterocycles. The van der Waals surface area contributed by atoms with Gasteiger partial charge in [0.15, 0.2) is 5.13 Å². The number of nitrogens with two attached hydrogens (primary N) is 1. The van der Waals surface area contributed by atoms with Crippen LogP contribution in [0.1, 0.15) is 20.8 Å². The number of aryl methyl sites for hydroxylation is 1. The summed E-state index contributed by atoms with van der Waals surface area (Å²) in [5.41, 5.74) is 6.34. The fraction of sp³-hybridized carbons (Fsp3) is 0.154. The fourth-order valence-corrected chi connectivity index (χ4v) is 2.07. The van der Waals surface area contributed by atoms with Crippen LogP contribution in [0.5, 0.6) is 0 Å². The van der Waals surface area contributed by atoms with Gasteiger partial charge in [-0.15, -0.1) is 11.3 Å². The fourth-order valence-electron chi connectivity index (χ4n) is 1.42. The highest BCUT2D eigenvalue weighted by molar-refractivity contribution is 7.15. The van der Waals surface area contributed by atoms with Crippen molar-refractivity contribution in [2.75, 3.05) is 11.9 Å². The Balaban J connectivity index is 2.23. The number of hydrogen-bond donors (Lipinski definition) is 2. The molecule has 96 valence electrons. The number of hydrogen-bond acceptors (Lipinski definition) is 5. The van der Waals surface area contributed by atoms with E-state index in [0.29, 0.717) is 16.3 Å². The van der Waals surface area contributed by atoms with Crippen LogP contribution in [0.25, 0.3) is 0 Å². The van der Waals surface area contributed by atoms with E-state index in [1.165, 1.54) is 11.3 Å². The summed E-state index contributed by atoms with van der Waals surface area (Å²) in [4.78, 5) is 21.2. The van der Waals surface area contributed by atoms with Gasteiger partial charge in [0.25, 0.3) is 5.91 Å². The molecule has 0 radical (unpaired) electrons. The zero-order valence-electron chi connectivity index (χ0n) is 10.3. The highest BCUT2D eigenvalue weighted by Gasteiger charge is 2.11. The van der Waals surface area contributed by atoms with Gasteiger partial charge in [0.05, 0.1) is 17.7 Å². The van der Waals surface area contributed by atoms with Crippen molar-refractivity contribution >= 4 is 22.4 Å². The average molecular weight is 272 g/mol. The molecule has 6 heteroatoms. The number of rotatable bonds is 2. The lowest BCUT2D eigenvalue weighted by molar-refractivity contribution is 0.102. The van der Waals surface area contributed by atoms with E-state index < -0.39 is 0 Å². The monoisotopic (exact) mass is 272 g/mol. The van der Waals surface area contributed by atoms with E-state index in [9.17, 15) is 4.79 Å². The van der Waals surface area contributed by atoms with Crippen molar-refractivity contribution in [1.82, 2.24) is 9.97 Å². The molecule has 2 aromatic heterocycles. The zero-order chi connectivity index (χ0) is 13.7. The molecule has 3 N–H and O–H groups in total. The zero-order valence-corrected chi connectivity index (χ0v) is 11.1. The van der Waals surface area contributed by atoms with Gasteiger partial charge in [0, 0.05) is 23.5 Å². The Kier molecular flexibility index (Phi) is 4.23. The van der Waals surface area contributed by atoms with E-state index in [2.05, 4.69) is 27.1 Å². The van der Waals surface area contributed by atoms with Gasteiger partial charge in [0.2, 0.25) is 0 Å². The molecule has 0 saturated heterocycles. The second-order valence-corrected chi connectivity index (χ2v) is 4.89. The molecule has 0 saturated carbocycles. The molecule has 0 atom stereocenters. The van der Waals surface area contributed by atoms with Gasteiger partial charge >= 0.3 is 0 Å². The first-order chi connectivity index (χ1) is 9.20. The number of carbonyl (C=O) groups is 1. The quantitative estimate of drug-likeness (QED) is 0.810. The molecule has 2 aromatic rings. The first-order valence-electron chi connectivity index (χ1n) is 5.57. The maximum atomic E-state index is 12.1. The summed E-state index contributed by atoms with van der Waals surface area (Å²) in [6.07, 6.45) is 4.81. The van der Waals surface area contributed by atoms with Crippen LogP contribution in [0.15, 0.2) is 24.7 Å². The third-order valence-electron chi connectivity index (χ3n) is 2.23. The second kappa shape index (κ2) is 6.09. The number of amides is 1. The van der Waals surface area contributed by atoms with Gasteiger partial charge in [0.1, 0.15) is 0 Å². The topological polar surface area (TPSA) is 80.9 Å². The van der Waals surface area contributed by atoms with E-state index in [1.54, 1.807) is 24.7 Å². The van der Waals surface area contributed by atoms with Gasteiger partial charge in [-0.3, -0.25) is 15.1 Å². The number of nitrogens with zero attached hydrogens (tertiary/aromatic N) is 2. The molecule has 19 heavy (non-hydrogen) atoms. The number of carbonyl (C=O) groups excluding carboxylic acids is 1. The van der Waals surface area contributed by atoms with Gasteiger partial charge in [-0.2, -0.15) is 0 Å². The van der Waals surface area contributed by atoms with Crippen molar-refractivity contribution in [2.24, 2.45) is 5.73 Å². The second-order valence-electron chi connectivity index (χ2n) is 3.66. The number of thiazole rings is 1. The molecule has 0 aromatic carbocycles. The van der Waals surface area contributed by atoms with Crippen molar-refractivity contribution in [3.63, 3.8) is 0 Å². The Morgan fingerprint density at radius 1 is 1.53 bits per heavy atom. The lowest BCUT2D eigenvalue weighted by Gasteiger charge is -2.03. The number of aromatic nitrogens is 2. The number of anilines is 1. The lowest BCUT2D eigenvalue weighted by atomic mass is 10.1. The van der Waals surface area contributed by atoms with Crippen LogP contribution in [0.3, 0.4) is 0 Å². The molecule has 0 spiro atoms. The van der Waals surface area contributed by atoms with E-state index in [1.807, 2.05) is 6.92 Å². The van der Waals surface area contributed by atoms with Crippen LogP contribution >= 0.6 is 11.3 Å². The third-order valence-corrected chi connectivity index (χ3v) is 3.06. The summed E-state index contributed by atoms with van der Waals surface area (Å²) in [5, 5.41) is 3.30. The molecule has 2 heterocycles. The molecule has 0 aliphatic rings. The van der Waals surface area contributed by atoms with Crippen molar-refractivity contribution < 1.29 is 4.79 Å². The molecule has 0 fully saturated rings. The van der Waals surface area contributed by atoms with E-state index in [-0.39, 0.29) is 12.5 Å². The summed E-state index contributed by atoms with van der Waals surface area (Å²) in [7, 11) is 0. The minimum Gasteiger partial charge on any atom is -0.320 e. The minimum atomic E-state index is -0.252. The Morgan fingerprint density at radius 3 is 3.05 bits per heavy atom. The lowest BCUT2D eigenvalue weighted by Crippen LogP contribution is -2.13. The summed E-state index contributed by atoms with van der Waals surface area (Å²) in [6.45, 7) is 2.17. The molecule has 5 nitrogen and oxygen atoms in total. The highest BCUT2D eigenvalue weighted by Crippen LogP contribution is 2.18. The number of pyridine rings is 1. The summed E-state index contributed by atoms with van der Waals surface area (Å²) < 4.78 is 0. The Labute approximate surface area is 114 Å². The van der Waals surface area contributed by atoms with Crippen molar-refractivity contribution in [2.45, 2.75) is 6.92 Å². The summed E-state index contributed by atoms with van der Waals surface area (Å²) in [6, 6.07) is 1.62. The molecular weight excluding hydrogens is 260 g/mol. The van der Waals surface area contributed by atoms with Gasteiger partial charge in [-0.25, -0.2) is 4.98 Å². The van der Waals surface area contributed by atoms with Crippen LogP contribution in [0, 0.1) is 18.8 Å². The highest BCUT2D eigenvalue weighted by atomic mass is 32.1. The molecule has 2 rings (SSSR count). The van der Waals surface area contributed by atoms with Crippen molar-refractivity contribution in [3.05, 3.63) is 40.7 Å². The van der Waals surface area contributed by atoms with E-state index in [0.717, 1.165) is 4.88 Å². The smallest absolute Gasteiger partial charge is 0.258 e. The van der Waals surface area contributed by atoms with Crippen LogP contribution in [-0.2, 0) is 0 Å². The minimum absolute atomic E-state index is 0.238. The van der Waals surface area contributed by atoms with Crippen LogP contribution < -0.4 is 11.1 Å². The first kappa shape index (κ1) is 13.2. The van der Waals surface area contributed by atoms with E-state index in [4.69, 9.17) is 5.73 Å². The van der Waals surface area contributed by atoms with Crippen LogP contribution in [0.4, 0.5) is 5.13 Å². The van der Waals surface area contributed by atoms with Crippen molar-refractivity contribution in [1.29, 1.82) is 0 Å². The van der Waals surface area contributed by atoms with Crippen LogP contribution in [0.2, 0.25) is 0 Å².